The van der Waals surface area contributed by atoms with Gasteiger partial charge in [0.2, 0.25) is 11.8 Å². The van der Waals surface area contributed by atoms with Crippen molar-refractivity contribution in [3.05, 3.63) is 42.2 Å². The standard InChI is InChI=1S/C22H23FN2O4S/c1-13-12-24(22(27)15-4-5-15)20-11-17(6-8-19(20)25(13)14(2)26)16-7-9-21(18(23)10-16)30(3,28)29/h6-11,13,15H,4-5,12H2,1-3H3/t13-/m0/s1. The molecule has 0 aromatic heterocycles. The SMILES string of the molecule is CC(=O)N1c2ccc(-c3ccc(S(C)(=O)=O)c(F)c3)cc2N(C(=O)C2CC2)C[C@@H]1C. The molecule has 1 saturated carbocycles. The number of hydrogen-bond donors (Lipinski definition) is 0. The number of carbonyl (C=O) groups excluding carboxylic acids is 2. The summed E-state index contributed by atoms with van der Waals surface area (Å²) in [4.78, 5) is 28.2. The third-order valence-electron chi connectivity index (χ3n) is 5.61. The Kier molecular flexibility index (Phi) is 4.92. The van der Waals surface area contributed by atoms with E-state index in [1.165, 1.54) is 19.1 Å². The molecule has 30 heavy (non-hydrogen) atoms. The van der Waals surface area contributed by atoms with Crippen LogP contribution in [0, 0.1) is 11.7 Å². The number of benzene rings is 2. The summed E-state index contributed by atoms with van der Waals surface area (Å²) < 4.78 is 37.8. The van der Waals surface area contributed by atoms with Crippen molar-refractivity contribution in [2.75, 3.05) is 22.6 Å². The second kappa shape index (κ2) is 7.19. The van der Waals surface area contributed by atoms with Crippen LogP contribution in [0.5, 0.6) is 0 Å². The van der Waals surface area contributed by atoms with E-state index in [4.69, 9.17) is 0 Å². The molecule has 4 rings (SSSR count). The van der Waals surface area contributed by atoms with Crippen LogP contribution in [-0.4, -0.2) is 39.1 Å². The van der Waals surface area contributed by atoms with Crippen molar-refractivity contribution < 1.29 is 22.4 Å². The fourth-order valence-corrected chi connectivity index (χ4v) is 4.75. The van der Waals surface area contributed by atoms with Crippen LogP contribution >= 0.6 is 0 Å². The molecule has 6 nitrogen and oxygen atoms in total. The van der Waals surface area contributed by atoms with Gasteiger partial charge in [0, 0.05) is 25.6 Å². The highest BCUT2D eigenvalue weighted by molar-refractivity contribution is 7.90. The molecule has 0 saturated heterocycles. The van der Waals surface area contributed by atoms with Crippen LogP contribution in [0.3, 0.4) is 0 Å². The average Bonchev–Trinajstić information content (AvgIpc) is 3.50. The molecule has 1 fully saturated rings. The van der Waals surface area contributed by atoms with Gasteiger partial charge in [-0.25, -0.2) is 12.8 Å². The molecular weight excluding hydrogens is 407 g/mol. The Labute approximate surface area is 175 Å². The Hall–Kier alpha value is -2.74. The van der Waals surface area contributed by atoms with Crippen LogP contribution in [0.4, 0.5) is 15.8 Å². The number of sulfone groups is 1. The first kappa shape index (κ1) is 20.5. The Bertz CT molecular complexity index is 1160. The number of rotatable bonds is 3. The van der Waals surface area contributed by atoms with Crippen molar-refractivity contribution in [3.8, 4) is 11.1 Å². The van der Waals surface area contributed by atoms with Crippen molar-refractivity contribution in [2.24, 2.45) is 5.92 Å². The van der Waals surface area contributed by atoms with E-state index in [2.05, 4.69) is 0 Å². The minimum Gasteiger partial charge on any atom is -0.308 e. The van der Waals surface area contributed by atoms with Crippen molar-refractivity contribution in [2.45, 2.75) is 37.6 Å². The lowest BCUT2D eigenvalue weighted by atomic mass is 10.00. The van der Waals surface area contributed by atoms with Gasteiger partial charge in [0.1, 0.15) is 10.7 Å². The summed E-state index contributed by atoms with van der Waals surface area (Å²) in [5, 5.41) is 0. The van der Waals surface area contributed by atoms with E-state index < -0.39 is 15.7 Å². The summed E-state index contributed by atoms with van der Waals surface area (Å²) in [6.45, 7) is 3.79. The lowest BCUT2D eigenvalue weighted by Gasteiger charge is -2.41. The van der Waals surface area contributed by atoms with Gasteiger partial charge in [0.25, 0.3) is 0 Å². The van der Waals surface area contributed by atoms with Crippen LogP contribution in [0.1, 0.15) is 26.7 Å². The van der Waals surface area contributed by atoms with Gasteiger partial charge in [0.05, 0.1) is 17.4 Å². The van der Waals surface area contributed by atoms with Gasteiger partial charge in [-0.3, -0.25) is 9.59 Å². The second-order valence-electron chi connectivity index (χ2n) is 8.08. The minimum absolute atomic E-state index is 0.0177. The van der Waals surface area contributed by atoms with Gasteiger partial charge in [-0.2, -0.15) is 0 Å². The zero-order chi connectivity index (χ0) is 21.8. The molecule has 1 aliphatic carbocycles. The first-order valence-corrected chi connectivity index (χ1v) is 11.7. The van der Waals surface area contributed by atoms with Gasteiger partial charge in [-0.1, -0.05) is 12.1 Å². The fraction of sp³-hybridized carbons (Fsp3) is 0.364. The molecule has 1 atom stereocenters. The molecule has 158 valence electrons. The normalized spacial score (nSPS) is 18.9. The first-order valence-electron chi connectivity index (χ1n) is 9.83. The lowest BCUT2D eigenvalue weighted by molar-refractivity contribution is -0.120. The number of hydrogen-bond acceptors (Lipinski definition) is 4. The zero-order valence-corrected chi connectivity index (χ0v) is 17.9. The van der Waals surface area contributed by atoms with E-state index in [0.29, 0.717) is 29.0 Å². The van der Waals surface area contributed by atoms with Crippen LogP contribution in [-0.2, 0) is 19.4 Å². The Morgan fingerprint density at radius 2 is 1.67 bits per heavy atom. The third-order valence-corrected chi connectivity index (χ3v) is 6.74. The molecule has 2 aromatic rings. The van der Waals surface area contributed by atoms with Crippen LogP contribution in [0.2, 0.25) is 0 Å². The van der Waals surface area contributed by atoms with E-state index in [1.807, 2.05) is 6.92 Å². The predicted octanol–water partition coefficient (Wildman–Crippen LogP) is 3.39. The highest BCUT2D eigenvalue weighted by Gasteiger charge is 2.39. The van der Waals surface area contributed by atoms with Gasteiger partial charge in [-0.15, -0.1) is 0 Å². The quantitative estimate of drug-likeness (QED) is 0.748. The van der Waals surface area contributed by atoms with Crippen LogP contribution < -0.4 is 9.80 Å². The van der Waals surface area contributed by atoms with Gasteiger partial charge < -0.3 is 9.80 Å². The number of fused-ring (bicyclic) bond motifs is 1. The van der Waals surface area contributed by atoms with E-state index in [0.717, 1.165) is 19.1 Å². The highest BCUT2D eigenvalue weighted by atomic mass is 32.2. The number of nitrogens with zero attached hydrogens (tertiary/aromatic N) is 2. The van der Waals surface area contributed by atoms with Crippen LogP contribution in [0.15, 0.2) is 41.3 Å². The first-order chi connectivity index (χ1) is 14.1. The fourth-order valence-electron chi connectivity index (χ4n) is 4.03. The molecule has 8 heteroatoms. The molecule has 2 aromatic carbocycles. The molecule has 0 spiro atoms. The maximum Gasteiger partial charge on any atom is 0.230 e. The molecule has 0 bridgehead atoms. The second-order valence-corrected chi connectivity index (χ2v) is 10.1. The largest absolute Gasteiger partial charge is 0.308 e. The maximum atomic E-state index is 14.4. The van der Waals surface area contributed by atoms with E-state index in [-0.39, 0.29) is 28.7 Å². The summed E-state index contributed by atoms with van der Waals surface area (Å²) in [7, 11) is -3.66. The molecular formula is C22H23FN2O4S. The minimum atomic E-state index is -3.66. The topological polar surface area (TPSA) is 74.8 Å². The number of amides is 2. The Morgan fingerprint density at radius 3 is 2.23 bits per heavy atom. The molecule has 0 unspecified atom stereocenters. The number of halogens is 1. The van der Waals surface area contributed by atoms with Crippen molar-refractivity contribution >= 4 is 33.0 Å². The van der Waals surface area contributed by atoms with Crippen LogP contribution in [0.25, 0.3) is 11.1 Å². The summed E-state index contributed by atoms with van der Waals surface area (Å²) >= 11 is 0. The smallest absolute Gasteiger partial charge is 0.230 e. The summed E-state index contributed by atoms with van der Waals surface area (Å²) in [6, 6.07) is 9.10. The van der Waals surface area contributed by atoms with Gasteiger partial charge in [-0.05, 0) is 55.2 Å². The van der Waals surface area contributed by atoms with Crippen molar-refractivity contribution in [3.63, 3.8) is 0 Å². The summed E-state index contributed by atoms with van der Waals surface area (Å²) in [6.07, 6.45) is 2.70. The summed E-state index contributed by atoms with van der Waals surface area (Å²) in [5.41, 5.74) is 2.39. The Balaban J connectivity index is 1.82. The molecule has 2 aliphatic rings. The maximum absolute atomic E-state index is 14.4. The Morgan fingerprint density at radius 1 is 1.03 bits per heavy atom. The van der Waals surface area contributed by atoms with Crippen molar-refractivity contribution in [1.29, 1.82) is 0 Å². The highest BCUT2D eigenvalue weighted by Crippen LogP contribution is 2.42. The van der Waals surface area contributed by atoms with E-state index in [9.17, 15) is 22.4 Å². The predicted molar refractivity (Wildman–Crippen MR) is 113 cm³/mol. The number of carbonyl (C=O) groups is 2. The average molecular weight is 431 g/mol. The molecule has 1 heterocycles. The lowest BCUT2D eigenvalue weighted by Crippen LogP contribution is -2.51. The molecule has 1 aliphatic heterocycles. The number of anilines is 2. The monoisotopic (exact) mass is 430 g/mol. The third kappa shape index (κ3) is 3.60. The van der Waals surface area contributed by atoms with Gasteiger partial charge in [0.15, 0.2) is 9.84 Å². The van der Waals surface area contributed by atoms with Gasteiger partial charge >= 0.3 is 0 Å². The molecule has 0 N–H and O–H groups in total. The van der Waals surface area contributed by atoms with E-state index in [1.54, 1.807) is 34.1 Å². The van der Waals surface area contributed by atoms with Crippen molar-refractivity contribution in [1.82, 2.24) is 0 Å². The molecule has 0 radical (unpaired) electrons. The van der Waals surface area contributed by atoms with E-state index >= 15 is 0 Å². The molecule has 2 amide bonds. The zero-order valence-electron chi connectivity index (χ0n) is 17.1. The summed E-state index contributed by atoms with van der Waals surface area (Å²) in [5.74, 6) is -0.873.